The van der Waals surface area contributed by atoms with Crippen LogP contribution in [0.15, 0.2) is 12.7 Å². The Bertz CT molecular complexity index is 613. The Morgan fingerprint density at radius 3 is 2.75 bits per heavy atom. The van der Waals surface area contributed by atoms with Gasteiger partial charge in [0, 0.05) is 17.3 Å². The molecule has 0 radical (unpaired) electrons. The average molecular weight is 329 g/mol. The number of ether oxygens (including phenoxy) is 1. The molecule has 24 heavy (non-hydrogen) atoms. The van der Waals surface area contributed by atoms with Crippen LogP contribution in [-0.4, -0.2) is 24.3 Å². The van der Waals surface area contributed by atoms with Crippen molar-refractivity contribution in [2.24, 2.45) is 28.1 Å². The van der Waals surface area contributed by atoms with E-state index in [9.17, 15) is 14.9 Å². The quantitative estimate of drug-likeness (QED) is 0.585. The molecule has 1 saturated heterocycles. The zero-order valence-electron chi connectivity index (χ0n) is 14.9. The first-order chi connectivity index (χ1) is 11.3. The monoisotopic (exact) mass is 329 g/mol. The average Bonchev–Trinajstić information content (AvgIpc) is 3.05. The highest BCUT2D eigenvalue weighted by atomic mass is 16.5. The summed E-state index contributed by atoms with van der Waals surface area (Å²) in [6.07, 6.45) is 5.49. The highest BCUT2D eigenvalue weighted by Crippen LogP contribution is 2.70. The van der Waals surface area contributed by atoms with E-state index in [4.69, 9.17) is 4.74 Å². The molecule has 2 saturated carbocycles. The van der Waals surface area contributed by atoms with E-state index in [0.717, 1.165) is 25.5 Å². The lowest BCUT2D eigenvalue weighted by molar-refractivity contribution is -0.142. The number of hydrogen-bond acceptors (Lipinski definition) is 4. The molecule has 4 nitrogen and oxygen atoms in total. The minimum atomic E-state index is -0.701. The zero-order valence-corrected chi connectivity index (χ0v) is 14.9. The van der Waals surface area contributed by atoms with Crippen molar-refractivity contribution in [3.63, 3.8) is 0 Å². The molecule has 0 aromatic carbocycles. The highest BCUT2D eigenvalue weighted by Gasteiger charge is 2.74. The summed E-state index contributed by atoms with van der Waals surface area (Å²) in [7, 11) is 0. The molecular weight excluding hydrogens is 302 g/mol. The van der Waals surface area contributed by atoms with Crippen LogP contribution in [0.5, 0.6) is 0 Å². The Morgan fingerprint density at radius 2 is 2.17 bits per heavy atom. The first kappa shape index (κ1) is 17.4. The molecule has 1 heterocycles. The molecule has 1 spiro atoms. The van der Waals surface area contributed by atoms with Gasteiger partial charge in [-0.05, 0) is 44.4 Å². The molecule has 0 bridgehead atoms. The molecule has 3 rings (SSSR count). The molecule has 130 valence electrons. The second-order valence-electron chi connectivity index (χ2n) is 8.45. The van der Waals surface area contributed by atoms with Gasteiger partial charge in [0.25, 0.3) is 0 Å². The Balaban J connectivity index is 2.12. The topological polar surface area (TPSA) is 67.2 Å². The van der Waals surface area contributed by atoms with E-state index in [0.29, 0.717) is 12.8 Å². The lowest BCUT2D eigenvalue weighted by atomic mass is 9.46. The Kier molecular flexibility index (Phi) is 3.99. The summed E-state index contributed by atoms with van der Waals surface area (Å²) in [4.78, 5) is 24.6. The molecule has 3 aliphatic rings. The van der Waals surface area contributed by atoms with Crippen molar-refractivity contribution >= 4 is 12.1 Å². The highest BCUT2D eigenvalue weighted by molar-refractivity contribution is 5.90. The predicted octanol–water partition coefficient (Wildman–Crippen LogP) is 3.46. The third kappa shape index (κ3) is 1.88. The third-order valence-electron chi connectivity index (χ3n) is 7.55. The lowest BCUT2D eigenvalue weighted by Gasteiger charge is -2.53. The number of allylic oxidation sites excluding steroid dienone is 1. The van der Waals surface area contributed by atoms with Gasteiger partial charge >= 0.3 is 0 Å². The normalized spacial score (nSPS) is 46.5. The molecule has 7 atom stereocenters. The van der Waals surface area contributed by atoms with E-state index < -0.39 is 22.3 Å². The summed E-state index contributed by atoms with van der Waals surface area (Å²) in [5.41, 5.74) is -1.81. The summed E-state index contributed by atoms with van der Waals surface area (Å²) < 4.78 is 6.22. The number of Topliss-reactive ketones (excluding diaryl/α,β-unsaturated/α-hetero) is 1. The smallest absolute Gasteiger partial charge is 0.157 e. The largest absolute Gasteiger partial charge is 0.358 e. The van der Waals surface area contributed by atoms with Gasteiger partial charge < -0.3 is 9.53 Å². The minimum Gasteiger partial charge on any atom is -0.358 e. The Morgan fingerprint density at radius 1 is 1.46 bits per heavy atom. The van der Waals surface area contributed by atoms with E-state index in [1.54, 1.807) is 6.08 Å². The number of hydrogen-bond donors (Lipinski definition) is 0. The minimum absolute atomic E-state index is 0.196. The number of rotatable bonds is 4. The fourth-order valence-corrected chi connectivity index (χ4v) is 5.85. The Labute approximate surface area is 144 Å². The molecule has 3 fully saturated rings. The van der Waals surface area contributed by atoms with Gasteiger partial charge in [-0.1, -0.05) is 19.9 Å². The molecule has 1 aliphatic heterocycles. The maximum Gasteiger partial charge on any atom is 0.157 e. The van der Waals surface area contributed by atoms with E-state index in [2.05, 4.69) is 26.5 Å². The van der Waals surface area contributed by atoms with Crippen LogP contribution in [0.25, 0.3) is 0 Å². The number of nitriles is 1. The zero-order chi connectivity index (χ0) is 17.8. The number of ketones is 1. The van der Waals surface area contributed by atoms with Crippen LogP contribution in [0.1, 0.15) is 52.9 Å². The lowest BCUT2D eigenvalue weighted by Crippen LogP contribution is -2.58. The first-order valence-electron chi connectivity index (χ1n) is 8.98. The van der Waals surface area contributed by atoms with E-state index in [1.807, 2.05) is 6.92 Å². The van der Waals surface area contributed by atoms with Crippen molar-refractivity contribution in [2.45, 2.75) is 65.1 Å². The standard InChI is InChI=1S/C20H27NO3/c1-5-18(3,12-22)10-16-19(4)13(2)6-7-14-8-9-15(23)20(14,19)17(11-21)24-16/h5,12-14,16-17H,1,6-10H2,2-4H3/t13-,14+,16-,17-,18-,19+,20+/m1/s1. The fourth-order valence-electron chi connectivity index (χ4n) is 5.85. The van der Waals surface area contributed by atoms with Crippen molar-refractivity contribution in [3.8, 4) is 6.07 Å². The third-order valence-corrected chi connectivity index (χ3v) is 7.55. The fraction of sp³-hybridized carbons (Fsp3) is 0.750. The molecule has 0 aromatic rings. The van der Waals surface area contributed by atoms with Gasteiger partial charge in [-0.15, -0.1) is 6.58 Å². The van der Waals surface area contributed by atoms with Crippen LogP contribution in [0.4, 0.5) is 0 Å². The van der Waals surface area contributed by atoms with Crippen LogP contribution >= 0.6 is 0 Å². The number of carbonyl (C=O) groups excluding carboxylic acids is 2. The molecule has 0 unspecified atom stereocenters. The van der Waals surface area contributed by atoms with Crippen LogP contribution < -0.4 is 0 Å². The van der Waals surface area contributed by atoms with Crippen molar-refractivity contribution in [1.82, 2.24) is 0 Å². The predicted molar refractivity (Wildman–Crippen MR) is 89.9 cm³/mol. The van der Waals surface area contributed by atoms with E-state index in [1.165, 1.54) is 0 Å². The molecule has 0 amide bonds. The molecule has 2 aliphatic carbocycles. The summed E-state index contributed by atoms with van der Waals surface area (Å²) in [6, 6.07) is 2.30. The van der Waals surface area contributed by atoms with Gasteiger partial charge in [-0.3, -0.25) is 4.79 Å². The van der Waals surface area contributed by atoms with Gasteiger partial charge in [0.15, 0.2) is 6.10 Å². The molecule has 4 heteroatoms. The molecule has 0 N–H and O–H groups in total. The summed E-state index contributed by atoms with van der Waals surface area (Å²) in [6.45, 7) is 9.93. The molecule has 0 aromatic heterocycles. The van der Waals surface area contributed by atoms with Gasteiger partial charge in [0.2, 0.25) is 0 Å². The second kappa shape index (κ2) is 5.52. The number of carbonyl (C=O) groups is 2. The summed E-state index contributed by atoms with van der Waals surface area (Å²) in [5.74, 6) is 0.703. The van der Waals surface area contributed by atoms with Crippen molar-refractivity contribution in [2.75, 3.05) is 0 Å². The number of nitrogens with zero attached hydrogens (tertiary/aromatic N) is 1. The maximum absolute atomic E-state index is 13.1. The van der Waals surface area contributed by atoms with Gasteiger partial charge in [-0.25, -0.2) is 0 Å². The maximum atomic E-state index is 13.1. The van der Waals surface area contributed by atoms with Crippen molar-refractivity contribution in [1.29, 1.82) is 5.26 Å². The van der Waals surface area contributed by atoms with Crippen LogP contribution in [0.3, 0.4) is 0 Å². The summed E-state index contributed by atoms with van der Waals surface area (Å²) >= 11 is 0. The van der Waals surface area contributed by atoms with Crippen molar-refractivity contribution < 1.29 is 14.3 Å². The van der Waals surface area contributed by atoms with Gasteiger partial charge in [0.1, 0.15) is 12.1 Å². The number of aldehydes is 1. The van der Waals surface area contributed by atoms with E-state index >= 15 is 0 Å². The van der Waals surface area contributed by atoms with Crippen LogP contribution in [0, 0.1) is 39.4 Å². The van der Waals surface area contributed by atoms with Crippen LogP contribution in [0.2, 0.25) is 0 Å². The second-order valence-corrected chi connectivity index (χ2v) is 8.45. The van der Waals surface area contributed by atoms with Crippen LogP contribution in [-0.2, 0) is 14.3 Å². The molecular formula is C20H27NO3. The Hall–Kier alpha value is -1.47. The van der Waals surface area contributed by atoms with Gasteiger partial charge in [-0.2, -0.15) is 5.26 Å². The summed E-state index contributed by atoms with van der Waals surface area (Å²) in [5, 5.41) is 9.78. The van der Waals surface area contributed by atoms with Gasteiger partial charge in [0.05, 0.1) is 17.6 Å². The SMILES string of the molecule is C=C[C@@](C)(C=O)C[C@H]1O[C@H](C#N)[C@@]23C(=O)CC[C@@H]2CC[C@@H](C)[C@@]13C. The first-order valence-corrected chi connectivity index (χ1v) is 8.98. The van der Waals surface area contributed by atoms with Crippen molar-refractivity contribution in [3.05, 3.63) is 12.7 Å². The van der Waals surface area contributed by atoms with E-state index in [-0.39, 0.29) is 23.7 Å².